The molecule has 3 fully saturated rings. The van der Waals surface area contributed by atoms with Crippen molar-refractivity contribution in [3.05, 3.63) is 0 Å². The summed E-state index contributed by atoms with van der Waals surface area (Å²) in [5, 5.41) is 0. The first-order valence-corrected chi connectivity index (χ1v) is 9.56. The van der Waals surface area contributed by atoms with Crippen molar-refractivity contribution in [2.45, 2.75) is 63.5 Å². The van der Waals surface area contributed by atoms with Crippen LogP contribution in [0.5, 0.6) is 0 Å². The first kappa shape index (κ1) is 15.1. The lowest BCUT2D eigenvalue weighted by molar-refractivity contribution is -0.0897. The number of hydrazine groups is 1. The summed E-state index contributed by atoms with van der Waals surface area (Å²) in [6, 6.07) is 0.504. The highest BCUT2D eigenvalue weighted by atomic mass is 32.2. The molecule has 0 radical (unpaired) electrons. The number of nitrogens with two attached hydrogens (primary N) is 1. The second-order valence-electron chi connectivity index (χ2n) is 7.31. The molecular formula is C16H30N2OS. The summed E-state index contributed by atoms with van der Waals surface area (Å²) in [5.41, 5.74) is 3.39. The van der Waals surface area contributed by atoms with E-state index < -0.39 is 0 Å². The van der Waals surface area contributed by atoms with Gasteiger partial charge in [0, 0.05) is 18.4 Å². The Bertz CT molecular complexity index is 320. The molecule has 3 nitrogen and oxygen atoms in total. The van der Waals surface area contributed by atoms with E-state index >= 15 is 0 Å². The van der Waals surface area contributed by atoms with E-state index in [1.54, 1.807) is 0 Å². The molecule has 2 aliphatic heterocycles. The molecule has 5 unspecified atom stereocenters. The first-order chi connectivity index (χ1) is 9.72. The summed E-state index contributed by atoms with van der Waals surface area (Å²) in [7, 11) is 0. The maximum absolute atomic E-state index is 6.17. The van der Waals surface area contributed by atoms with E-state index in [9.17, 15) is 0 Å². The van der Waals surface area contributed by atoms with Crippen molar-refractivity contribution >= 4 is 11.8 Å². The van der Waals surface area contributed by atoms with Crippen LogP contribution < -0.4 is 11.3 Å². The minimum atomic E-state index is 0.183. The van der Waals surface area contributed by atoms with Crippen LogP contribution in [0.3, 0.4) is 0 Å². The molecule has 4 heteroatoms. The van der Waals surface area contributed by atoms with Crippen LogP contribution in [0.25, 0.3) is 0 Å². The molecule has 0 amide bonds. The number of hydrogen-bond donors (Lipinski definition) is 2. The van der Waals surface area contributed by atoms with Crippen molar-refractivity contribution in [1.29, 1.82) is 0 Å². The predicted molar refractivity (Wildman–Crippen MR) is 85.6 cm³/mol. The first-order valence-electron chi connectivity index (χ1n) is 8.40. The number of thioether (sulfide) groups is 1. The average molecular weight is 298 g/mol. The minimum Gasteiger partial charge on any atom is -0.374 e. The molecule has 1 aliphatic carbocycles. The quantitative estimate of drug-likeness (QED) is 0.621. The Labute approximate surface area is 127 Å². The van der Waals surface area contributed by atoms with Gasteiger partial charge in [0.25, 0.3) is 0 Å². The Hall–Kier alpha value is 0.230. The standard InChI is InChI=1S/C16H30N2OS/c1-12-3-2-4-13(9-12)15(18-17)14-5-7-19-16(10-14)6-8-20-11-16/h12-15,18H,2-11,17H2,1H3. The largest absolute Gasteiger partial charge is 0.374 e. The van der Waals surface area contributed by atoms with Crippen molar-refractivity contribution in [3.8, 4) is 0 Å². The summed E-state index contributed by atoms with van der Waals surface area (Å²) >= 11 is 2.06. The summed E-state index contributed by atoms with van der Waals surface area (Å²) in [4.78, 5) is 0. The summed E-state index contributed by atoms with van der Waals surface area (Å²) in [6.45, 7) is 3.34. The lowest BCUT2D eigenvalue weighted by atomic mass is 9.71. The smallest absolute Gasteiger partial charge is 0.0783 e. The van der Waals surface area contributed by atoms with Crippen molar-refractivity contribution in [3.63, 3.8) is 0 Å². The molecule has 116 valence electrons. The molecule has 3 N–H and O–H groups in total. The Morgan fingerprint density at radius 3 is 2.90 bits per heavy atom. The van der Waals surface area contributed by atoms with Gasteiger partial charge in [0.1, 0.15) is 0 Å². The minimum absolute atomic E-state index is 0.183. The van der Waals surface area contributed by atoms with Crippen molar-refractivity contribution in [2.24, 2.45) is 23.6 Å². The maximum atomic E-state index is 6.17. The molecule has 0 bridgehead atoms. The maximum Gasteiger partial charge on any atom is 0.0783 e. The highest BCUT2D eigenvalue weighted by Crippen LogP contribution is 2.43. The van der Waals surface area contributed by atoms with Crippen LogP contribution >= 0.6 is 11.8 Å². The van der Waals surface area contributed by atoms with Crippen LogP contribution in [0.2, 0.25) is 0 Å². The van der Waals surface area contributed by atoms with E-state index in [0.29, 0.717) is 12.0 Å². The molecule has 3 rings (SSSR count). The number of ether oxygens (including phenoxy) is 1. The van der Waals surface area contributed by atoms with E-state index in [-0.39, 0.29) is 5.60 Å². The number of hydrogen-bond acceptors (Lipinski definition) is 4. The second kappa shape index (κ2) is 6.55. The average Bonchev–Trinajstić information content (AvgIpc) is 2.88. The fourth-order valence-electron chi connectivity index (χ4n) is 4.70. The van der Waals surface area contributed by atoms with Crippen molar-refractivity contribution in [1.82, 2.24) is 5.43 Å². The number of nitrogens with one attached hydrogen (secondary N) is 1. The molecule has 2 heterocycles. The number of rotatable bonds is 3. The molecule has 0 aromatic rings. The lowest BCUT2D eigenvalue weighted by Crippen LogP contribution is -2.52. The Balaban J connectivity index is 1.65. The van der Waals surface area contributed by atoms with Crippen LogP contribution in [0.15, 0.2) is 0 Å². The van der Waals surface area contributed by atoms with Gasteiger partial charge in [-0.1, -0.05) is 19.8 Å². The Morgan fingerprint density at radius 1 is 1.30 bits per heavy atom. The van der Waals surface area contributed by atoms with Crippen molar-refractivity contribution < 1.29 is 4.74 Å². The predicted octanol–water partition coefficient (Wildman–Crippen LogP) is 2.95. The zero-order chi connectivity index (χ0) is 14.0. The van der Waals surface area contributed by atoms with E-state index in [1.165, 1.54) is 56.5 Å². The van der Waals surface area contributed by atoms with Gasteiger partial charge in [-0.05, 0) is 55.6 Å². The van der Waals surface area contributed by atoms with Gasteiger partial charge in [0.05, 0.1) is 5.60 Å². The van der Waals surface area contributed by atoms with Gasteiger partial charge in [-0.15, -0.1) is 0 Å². The topological polar surface area (TPSA) is 47.3 Å². The van der Waals surface area contributed by atoms with Gasteiger partial charge in [0.2, 0.25) is 0 Å². The third kappa shape index (κ3) is 3.18. The van der Waals surface area contributed by atoms with Gasteiger partial charge < -0.3 is 4.74 Å². The highest BCUT2D eigenvalue weighted by molar-refractivity contribution is 7.99. The fraction of sp³-hybridized carbons (Fsp3) is 1.00. The molecule has 3 aliphatic rings. The molecule has 5 atom stereocenters. The third-order valence-electron chi connectivity index (χ3n) is 5.78. The lowest BCUT2D eigenvalue weighted by Gasteiger charge is -2.44. The van der Waals surface area contributed by atoms with Crippen LogP contribution in [-0.2, 0) is 4.74 Å². The van der Waals surface area contributed by atoms with E-state index in [1.807, 2.05) is 0 Å². The van der Waals surface area contributed by atoms with Crippen LogP contribution in [0.1, 0.15) is 51.9 Å². The third-order valence-corrected chi connectivity index (χ3v) is 7.01. The molecule has 2 saturated heterocycles. The molecular weight excluding hydrogens is 268 g/mol. The SMILES string of the molecule is CC1CCCC(C(NN)C2CCOC3(CCSC3)C2)C1. The molecule has 1 saturated carbocycles. The zero-order valence-corrected chi connectivity index (χ0v) is 13.6. The van der Waals surface area contributed by atoms with Gasteiger partial charge >= 0.3 is 0 Å². The van der Waals surface area contributed by atoms with Crippen LogP contribution in [0, 0.1) is 17.8 Å². The Kier molecular flexibility index (Phi) is 4.96. The van der Waals surface area contributed by atoms with E-state index in [2.05, 4.69) is 24.1 Å². The molecule has 20 heavy (non-hydrogen) atoms. The van der Waals surface area contributed by atoms with Crippen LogP contribution in [-0.4, -0.2) is 29.8 Å². The van der Waals surface area contributed by atoms with E-state index in [0.717, 1.165) is 18.4 Å². The Morgan fingerprint density at radius 2 is 2.20 bits per heavy atom. The normalized spacial score (nSPS) is 43.8. The molecule has 0 aromatic carbocycles. The van der Waals surface area contributed by atoms with Crippen LogP contribution in [0.4, 0.5) is 0 Å². The monoisotopic (exact) mass is 298 g/mol. The molecule has 0 aromatic heterocycles. The zero-order valence-electron chi connectivity index (χ0n) is 12.8. The van der Waals surface area contributed by atoms with Gasteiger partial charge in [-0.3, -0.25) is 11.3 Å². The van der Waals surface area contributed by atoms with Crippen molar-refractivity contribution in [2.75, 3.05) is 18.1 Å². The summed E-state index contributed by atoms with van der Waals surface area (Å²) in [5.74, 6) is 10.8. The van der Waals surface area contributed by atoms with Gasteiger partial charge in [0.15, 0.2) is 0 Å². The fourth-order valence-corrected chi connectivity index (χ4v) is 6.08. The molecule has 1 spiro atoms. The highest BCUT2D eigenvalue weighted by Gasteiger charge is 2.44. The van der Waals surface area contributed by atoms with Gasteiger partial charge in [-0.2, -0.15) is 11.8 Å². The second-order valence-corrected chi connectivity index (χ2v) is 8.42. The van der Waals surface area contributed by atoms with Gasteiger partial charge in [-0.25, -0.2) is 0 Å². The van der Waals surface area contributed by atoms with E-state index in [4.69, 9.17) is 10.6 Å². The summed E-state index contributed by atoms with van der Waals surface area (Å²) < 4.78 is 6.17. The summed E-state index contributed by atoms with van der Waals surface area (Å²) in [6.07, 6.45) is 9.15.